The van der Waals surface area contributed by atoms with Gasteiger partial charge < -0.3 is 10.2 Å². The van der Waals surface area contributed by atoms with Crippen LogP contribution in [0.2, 0.25) is 0 Å². The number of piperidine rings is 1. The standard InChI is InChI=1S/C14H22N4/c1-9(2)14-16-12(15-3)7-13(17-14)18-8-10-4-5-11(18)6-10/h7,9-11H,4-6,8H2,1-3H3,(H,15,16,17). The van der Waals surface area contributed by atoms with E-state index in [0.717, 1.165) is 29.4 Å². The molecule has 98 valence electrons. The lowest BCUT2D eigenvalue weighted by molar-refractivity contribution is 0.549. The van der Waals surface area contributed by atoms with Crippen LogP contribution in [-0.2, 0) is 0 Å². The predicted molar refractivity (Wildman–Crippen MR) is 74.1 cm³/mol. The summed E-state index contributed by atoms with van der Waals surface area (Å²) < 4.78 is 0. The van der Waals surface area contributed by atoms with Crippen LogP contribution in [0.4, 0.5) is 11.6 Å². The normalized spacial score (nSPS) is 26.1. The van der Waals surface area contributed by atoms with Crippen molar-refractivity contribution in [3.8, 4) is 0 Å². The molecule has 1 aliphatic carbocycles. The van der Waals surface area contributed by atoms with Crippen molar-refractivity contribution >= 4 is 11.6 Å². The maximum absolute atomic E-state index is 4.76. The van der Waals surface area contributed by atoms with Gasteiger partial charge in [0.1, 0.15) is 17.5 Å². The summed E-state index contributed by atoms with van der Waals surface area (Å²) in [5.74, 6) is 4.26. The average Bonchev–Trinajstić information content (AvgIpc) is 3.00. The second-order valence-electron chi connectivity index (χ2n) is 5.86. The van der Waals surface area contributed by atoms with E-state index in [4.69, 9.17) is 4.98 Å². The Bertz CT molecular complexity index is 443. The third kappa shape index (κ3) is 1.93. The Morgan fingerprint density at radius 3 is 2.72 bits per heavy atom. The van der Waals surface area contributed by atoms with Gasteiger partial charge in [0.25, 0.3) is 0 Å². The first kappa shape index (κ1) is 11.8. The number of hydrogen-bond acceptors (Lipinski definition) is 4. The number of rotatable bonds is 3. The Morgan fingerprint density at radius 1 is 1.33 bits per heavy atom. The summed E-state index contributed by atoms with van der Waals surface area (Å²) in [4.78, 5) is 11.8. The van der Waals surface area contributed by atoms with E-state index >= 15 is 0 Å². The monoisotopic (exact) mass is 246 g/mol. The summed E-state index contributed by atoms with van der Waals surface area (Å²) in [6.45, 7) is 5.48. The molecule has 1 saturated carbocycles. The highest BCUT2D eigenvalue weighted by atomic mass is 15.3. The molecule has 0 amide bonds. The lowest BCUT2D eigenvalue weighted by Gasteiger charge is -2.28. The van der Waals surface area contributed by atoms with Gasteiger partial charge in [0, 0.05) is 31.6 Å². The first-order chi connectivity index (χ1) is 8.67. The van der Waals surface area contributed by atoms with Crippen LogP contribution in [0, 0.1) is 5.92 Å². The maximum Gasteiger partial charge on any atom is 0.135 e. The van der Waals surface area contributed by atoms with Gasteiger partial charge in [-0.05, 0) is 25.2 Å². The minimum absolute atomic E-state index is 0.372. The van der Waals surface area contributed by atoms with E-state index in [2.05, 4.69) is 35.1 Å². The van der Waals surface area contributed by atoms with Crippen LogP contribution in [0.3, 0.4) is 0 Å². The molecule has 4 nitrogen and oxygen atoms in total. The molecule has 2 bridgehead atoms. The lowest BCUT2D eigenvalue weighted by Crippen LogP contribution is -2.33. The molecule has 2 unspecified atom stereocenters. The first-order valence-corrected chi connectivity index (χ1v) is 7.00. The summed E-state index contributed by atoms with van der Waals surface area (Å²) in [6.07, 6.45) is 4.10. The average molecular weight is 246 g/mol. The fraction of sp³-hybridized carbons (Fsp3) is 0.714. The number of aromatic nitrogens is 2. The van der Waals surface area contributed by atoms with Crippen LogP contribution < -0.4 is 10.2 Å². The number of nitrogens with zero attached hydrogens (tertiary/aromatic N) is 3. The zero-order chi connectivity index (χ0) is 12.7. The highest BCUT2D eigenvalue weighted by Crippen LogP contribution is 2.40. The van der Waals surface area contributed by atoms with Crippen LogP contribution in [-0.4, -0.2) is 29.6 Å². The lowest BCUT2D eigenvalue weighted by atomic mass is 10.1. The van der Waals surface area contributed by atoms with Gasteiger partial charge >= 0.3 is 0 Å². The zero-order valence-electron chi connectivity index (χ0n) is 11.5. The van der Waals surface area contributed by atoms with E-state index in [1.165, 1.54) is 25.8 Å². The van der Waals surface area contributed by atoms with E-state index < -0.39 is 0 Å². The summed E-state index contributed by atoms with van der Waals surface area (Å²) in [6, 6.07) is 2.81. The molecule has 1 N–H and O–H groups in total. The predicted octanol–water partition coefficient (Wildman–Crippen LogP) is 2.63. The van der Waals surface area contributed by atoms with Crippen molar-refractivity contribution in [1.29, 1.82) is 0 Å². The highest BCUT2D eigenvalue weighted by Gasteiger charge is 2.38. The first-order valence-electron chi connectivity index (χ1n) is 7.00. The third-order valence-electron chi connectivity index (χ3n) is 4.21. The summed E-state index contributed by atoms with van der Waals surface area (Å²) in [5, 5.41) is 3.15. The largest absolute Gasteiger partial charge is 0.373 e. The molecule has 1 saturated heterocycles. The molecule has 1 aromatic rings. The zero-order valence-corrected chi connectivity index (χ0v) is 11.5. The van der Waals surface area contributed by atoms with Crippen molar-refractivity contribution in [2.24, 2.45) is 5.92 Å². The van der Waals surface area contributed by atoms with E-state index in [1.54, 1.807) is 0 Å². The summed E-state index contributed by atoms with van der Waals surface area (Å²) in [5.41, 5.74) is 0. The Kier molecular flexibility index (Phi) is 2.88. The molecule has 2 fully saturated rings. The molecule has 1 aromatic heterocycles. The molecule has 2 atom stereocenters. The van der Waals surface area contributed by atoms with Gasteiger partial charge in [0.05, 0.1) is 0 Å². The van der Waals surface area contributed by atoms with Crippen LogP contribution >= 0.6 is 0 Å². The molecule has 2 aliphatic rings. The molecular formula is C14H22N4. The van der Waals surface area contributed by atoms with Gasteiger partial charge in [-0.15, -0.1) is 0 Å². The summed E-state index contributed by atoms with van der Waals surface area (Å²) >= 11 is 0. The van der Waals surface area contributed by atoms with Crippen molar-refractivity contribution in [2.45, 2.75) is 45.1 Å². The van der Waals surface area contributed by atoms with E-state index in [9.17, 15) is 0 Å². The van der Waals surface area contributed by atoms with Crippen molar-refractivity contribution in [2.75, 3.05) is 23.8 Å². The fourth-order valence-electron chi connectivity index (χ4n) is 3.19. The van der Waals surface area contributed by atoms with Crippen LogP contribution in [0.25, 0.3) is 0 Å². The minimum Gasteiger partial charge on any atom is -0.373 e. The van der Waals surface area contributed by atoms with Gasteiger partial charge in [-0.3, -0.25) is 0 Å². The second-order valence-corrected chi connectivity index (χ2v) is 5.86. The number of fused-ring (bicyclic) bond motifs is 2. The minimum atomic E-state index is 0.372. The van der Waals surface area contributed by atoms with Gasteiger partial charge in [-0.25, -0.2) is 9.97 Å². The molecule has 0 aromatic carbocycles. The molecular weight excluding hydrogens is 224 g/mol. The second kappa shape index (κ2) is 4.41. The molecule has 18 heavy (non-hydrogen) atoms. The van der Waals surface area contributed by atoms with Gasteiger partial charge in [-0.1, -0.05) is 13.8 Å². The molecule has 3 rings (SSSR count). The van der Waals surface area contributed by atoms with Crippen molar-refractivity contribution in [3.63, 3.8) is 0 Å². The van der Waals surface area contributed by atoms with Crippen molar-refractivity contribution < 1.29 is 0 Å². The van der Waals surface area contributed by atoms with E-state index in [1.807, 2.05) is 7.05 Å². The fourth-order valence-corrected chi connectivity index (χ4v) is 3.19. The van der Waals surface area contributed by atoms with E-state index in [0.29, 0.717) is 5.92 Å². The molecule has 0 radical (unpaired) electrons. The number of anilines is 2. The molecule has 1 aliphatic heterocycles. The Morgan fingerprint density at radius 2 is 2.17 bits per heavy atom. The quantitative estimate of drug-likeness (QED) is 0.890. The van der Waals surface area contributed by atoms with Gasteiger partial charge in [0.15, 0.2) is 0 Å². The Labute approximate surface area is 109 Å². The van der Waals surface area contributed by atoms with Crippen molar-refractivity contribution in [3.05, 3.63) is 11.9 Å². The number of nitrogens with one attached hydrogen (secondary N) is 1. The Hall–Kier alpha value is -1.32. The van der Waals surface area contributed by atoms with Crippen molar-refractivity contribution in [1.82, 2.24) is 9.97 Å². The van der Waals surface area contributed by atoms with Crippen LogP contribution in [0.15, 0.2) is 6.07 Å². The highest BCUT2D eigenvalue weighted by molar-refractivity contribution is 5.51. The van der Waals surface area contributed by atoms with Gasteiger partial charge in [0.2, 0.25) is 0 Å². The van der Waals surface area contributed by atoms with Crippen LogP contribution in [0.1, 0.15) is 44.9 Å². The number of hydrogen-bond donors (Lipinski definition) is 1. The van der Waals surface area contributed by atoms with E-state index in [-0.39, 0.29) is 0 Å². The maximum atomic E-state index is 4.76. The Balaban J connectivity index is 1.93. The molecule has 4 heteroatoms. The molecule has 2 heterocycles. The SMILES string of the molecule is CNc1cc(N2CC3CCC2C3)nc(C(C)C)n1. The topological polar surface area (TPSA) is 41.0 Å². The third-order valence-corrected chi connectivity index (χ3v) is 4.21. The van der Waals surface area contributed by atoms with Crippen LogP contribution in [0.5, 0.6) is 0 Å². The molecule has 0 spiro atoms. The smallest absolute Gasteiger partial charge is 0.135 e. The summed E-state index contributed by atoms with van der Waals surface area (Å²) in [7, 11) is 1.92. The van der Waals surface area contributed by atoms with Gasteiger partial charge in [-0.2, -0.15) is 0 Å².